The van der Waals surface area contributed by atoms with Crippen LogP contribution in [0.3, 0.4) is 0 Å². The number of aromatic nitrogens is 2. The van der Waals surface area contributed by atoms with Gasteiger partial charge in [0.05, 0.1) is 5.02 Å². The second-order valence-corrected chi connectivity index (χ2v) is 3.47. The van der Waals surface area contributed by atoms with Crippen molar-refractivity contribution < 1.29 is 4.79 Å². The van der Waals surface area contributed by atoms with E-state index in [-0.39, 0.29) is 5.78 Å². The van der Waals surface area contributed by atoms with Gasteiger partial charge in [-0.15, -0.1) is 0 Å². The van der Waals surface area contributed by atoms with Crippen LogP contribution in [0.1, 0.15) is 23.7 Å². The Kier molecular flexibility index (Phi) is 2.25. The molecule has 2 heterocycles. The standard InChI is InChI=1S/C10H9ClN2O/c1-2-9(14)8-5-13-10-7(8)3-6(11)4-12-10/h3-5H,2H2,1H3,(H,12,13). The lowest BCUT2D eigenvalue weighted by atomic mass is 10.1. The Morgan fingerprint density at radius 3 is 3.14 bits per heavy atom. The number of hydrogen-bond acceptors (Lipinski definition) is 2. The quantitative estimate of drug-likeness (QED) is 0.772. The van der Waals surface area contributed by atoms with Gasteiger partial charge in [-0.2, -0.15) is 0 Å². The van der Waals surface area contributed by atoms with Crippen LogP contribution in [0.4, 0.5) is 0 Å². The van der Waals surface area contributed by atoms with Gasteiger partial charge < -0.3 is 4.98 Å². The number of ketones is 1. The van der Waals surface area contributed by atoms with Gasteiger partial charge in [0.2, 0.25) is 0 Å². The normalized spacial score (nSPS) is 10.7. The number of hydrogen-bond donors (Lipinski definition) is 1. The molecule has 1 N–H and O–H groups in total. The molecule has 14 heavy (non-hydrogen) atoms. The predicted molar refractivity (Wildman–Crippen MR) is 55.7 cm³/mol. The summed E-state index contributed by atoms with van der Waals surface area (Å²) >= 11 is 5.81. The van der Waals surface area contributed by atoms with Gasteiger partial charge in [0.1, 0.15) is 5.65 Å². The van der Waals surface area contributed by atoms with E-state index < -0.39 is 0 Å². The predicted octanol–water partition coefficient (Wildman–Crippen LogP) is 2.81. The maximum absolute atomic E-state index is 11.5. The van der Waals surface area contributed by atoms with Gasteiger partial charge in [0.25, 0.3) is 0 Å². The summed E-state index contributed by atoms with van der Waals surface area (Å²) in [6, 6.07) is 1.75. The van der Waals surface area contributed by atoms with Gasteiger partial charge in [-0.25, -0.2) is 4.98 Å². The summed E-state index contributed by atoms with van der Waals surface area (Å²) in [4.78, 5) is 18.5. The average Bonchev–Trinajstić information content (AvgIpc) is 2.59. The van der Waals surface area contributed by atoms with E-state index >= 15 is 0 Å². The first-order valence-electron chi connectivity index (χ1n) is 4.38. The molecule has 0 amide bonds. The molecule has 0 aliphatic rings. The van der Waals surface area contributed by atoms with Crippen molar-refractivity contribution in [2.24, 2.45) is 0 Å². The van der Waals surface area contributed by atoms with Crippen LogP contribution >= 0.6 is 11.6 Å². The summed E-state index contributed by atoms with van der Waals surface area (Å²) in [5, 5.41) is 1.34. The number of halogens is 1. The average molecular weight is 209 g/mol. The second kappa shape index (κ2) is 3.42. The fourth-order valence-corrected chi connectivity index (χ4v) is 1.56. The molecular formula is C10H9ClN2O. The monoisotopic (exact) mass is 208 g/mol. The van der Waals surface area contributed by atoms with E-state index in [2.05, 4.69) is 9.97 Å². The maximum Gasteiger partial charge on any atom is 0.164 e. The van der Waals surface area contributed by atoms with E-state index in [9.17, 15) is 4.79 Å². The van der Waals surface area contributed by atoms with Crippen LogP contribution in [0, 0.1) is 0 Å². The van der Waals surface area contributed by atoms with Crippen molar-refractivity contribution in [1.82, 2.24) is 9.97 Å². The number of rotatable bonds is 2. The van der Waals surface area contributed by atoms with Crippen LogP contribution in [-0.4, -0.2) is 15.8 Å². The Labute approximate surface area is 86.1 Å². The minimum atomic E-state index is 0.0975. The molecule has 0 radical (unpaired) electrons. The third-order valence-corrected chi connectivity index (χ3v) is 2.33. The Bertz CT molecular complexity index is 490. The van der Waals surface area contributed by atoms with Gasteiger partial charge >= 0.3 is 0 Å². The van der Waals surface area contributed by atoms with E-state index in [0.717, 1.165) is 5.39 Å². The molecule has 0 saturated carbocycles. The number of Topliss-reactive ketones (excluding diaryl/α,β-unsaturated/α-hetero) is 1. The fraction of sp³-hybridized carbons (Fsp3) is 0.200. The zero-order chi connectivity index (χ0) is 10.1. The fourth-order valence-electron chi connectivity index (χ4n) is 1.40. The number of carbonyl (C=O) groups excluding carboxylic acids is 1. The summed E-state index contributed by atoms with van der Waals surface area (Å²) in [7, 11) is 0. The minimum absolute atomic E-state index is 0.0975. The number of carbonyl (C=O) groups is 1. The Balaban J connectivity index is 2.67. The van der Waals surface area contributed by atoms with Crippen molar-refractivity contribution in [2.45, 2.75) is 13.3 Å². The molecule has 72 valence electrons. The van der Waals surface area contributed by atoms with Crippen LogP contribution in [0.25, 0.3) is 11.0 Å². The van der Waals surface area contributed by atoms with E-state index in [1.807, 2.05) is 6.92 Å². The number of pyridine rings is 1. The molecular weight excluding hydrogens is 200 g/mol. The van der Waals surface area contributed by atoms with Crippen LogP contribution in [-0.2, 0) is 0 Å². The number of nitrogens with one attached hydrogen (secondary N) is 1. The third kappa shape index (κ3) is 1.40. The summed E-state index contributed by atoms with van der Waals surface area (Å²) in [5.41, 5.74) is 1.36. The molecule has 0 saturated heterocycles. The lowest BCUT2D eigenvalue weighted by Crippen LogP contribution is -1.94. The molecule has 0 aliphatic heterocycles. The number of nitrogens with zero attached hydrogens (tertiary/aromatic N) is 1. The topological polar surface area (TPSA) is 45.8 Å². The minimum Gasteiger partial charge on any atom is -0.345 e. The van der Waals surface area contributed by atoms with Crippen molar-refractivity contribution in [3.63, 3.8) is 0 Å². The van der Waals surface area contributed by atoms with E-state index in [4.69, 9.17) is 11.6 Å². The number of fused-ring (bicyclic) bond motifs is 1. The highest BCUT2D eigenvalue weighted by atomic mass is 35.5. The van der Waals surface area contributed by atoms with Crippen molar-refractivity contribution in [1.29, 1.82) is 0 Å². The van der Waals surface area contributed by atoms with Gasteiger partial charge in [0.15, 0.2) is 5.78 Å². The van der Waals surface area contributed by atoms with Crippen molar-refractivity contribution >= 4 is 28.4 Å². The SMILES string of the molecule is CCC(=O)c1c[nH]c2ncc(Cl)cc12. The van der Waals surface area contributed by atoms with E-state index in [1.54, 1.807) is 18.5 Å². The van der Waals surface area contributed by atoms with Gasteiger partial charge in [-0.3, -0.25) is 4.79 Å². The van der Waals surface area contributed by atoms with Crippen molar-refractivity contribution in [3.05, 3.63) is 29.0 Å². The molecule has 4 heteroatoms. The van der Waals surface area contributed by atoms with Crippen LogP contribution < -0.4 is 0 Å². The highest BCUT2D eigenvalue weighted by molar-refractivity contribution is 6.31. The molecule has 0 spiro atoms. The molecule has 2 aromatic heterocycles. The number of aromatic amines is 1. The van der Waals surface area contributed by atoms with Crippen molar-refractivity contribution in [3.8, 4) is 0 Å². The summed E-state index contributed by atoms with van der Waals surface area (Å²) < 4.78 is 0. The van der Waals surface area contributed by atoms with Gasteiger partial charge in [0, 0.05) is 29.8 Å². The number of H-pyrrole nitrogens is 1. The lowest BCUT2D eigenvalue weighted by molar-refractivity contribution is 0.0990. The molecule has 0 aliphatic carbocycles. The molecule has 0 aromatic carbocycles. The highest BCUT2D eigenvalue weighted by Gasteiger charge is 2.10. The Hall–Kier alpha value is -1.35. The molecule has 0 fully saturated rings. The Morgan fingerprint density at radius 2 is 2.43 bits per heavy atom. The highest BCUT2D eigenvalue weighted by Crippen LogP contribution is 2.21. The third-order valence-electron chi connectivity index (χ3n) is 2.12. The first-order chi connectivity index (χ1) is 6.72. The van der Waals surface area contributed by atoms with Gasteiger partial charge in [-0.1, -0.05) is 18.5 Å². The molecule has 2 aromatic rings. The molecule has 3 nitrogen and oxygen atoms in total. The van der Waals surface area contributed by atoms with Crippen LogP contribution in [0.5, 0.6) is 0 Å². The van der Waals surface area contributed by atoms with E-state index in [1.165, 1.54) is 0 Å². The molecule has 0 atom stereocenters. The maximum atomic E-state index is 11.5. The Morgan fingerprint density at radius 1 is 1.64 bits per heavy atom. The molecule has 0 bridgehead atoms. The van der Waals surface area contributed by atoms with Crippen molar-refractivity contribution in [2.75, 3.05) is 0 Å². The zero-order valence-electron chi connectivity index (χ0n) is 7.67. The van der Waals surface area contributed by atoms with E-state index in [0.29, 0.717) is 22.7 Å². The second-order valence-electron chi connectivity index (χ2n) is 3.03. The largest absolute Gasteiger partial charge is 0.345 e. The summed E-state index contributed by atoms with van der Waals surface area (Å²) in [6.07, 6.45) is 3.72. The summed E-state index contributed by atoms with van der Waals surface area (Å²) in [5.74, 6) is 0.0975. The zero-order valence-corrected chi connectivity index (χ0v) is 8.43. The lowest BCUT2D eigenvalue weighted by Gasteiger charge is -1.94. The van der Waals surface area contributed by atoms with Gasteiger partial charge in [-0.05, 0) is 6.07 Å². The first-order valence-corrected chi connectivity index (χ1v) is 4.76. The van der Waals surface area contributed by atoms with Crippen LogP contribution in [0.2, 0.25) is 5.02 Å². The smallest absolute Gasteiger partial charge is 0.164 e. The molecule has 2 rings (SSSR count). The van der Waals surface area contributed by atoms with Crippen LogP contribution in [0.15, 0.2) is 18.5 Å². The molecule has 0 unspecified atom stereocenters. The summed E-state index contributed by atoms with van der Waals surface area (Å²) in [6.45, 7) is 1.83. The first kappa shape index (κ1) is 9.21.